The van der Waals surface area contributed by atoms with E-state index in [0.717, 1.165) is 12.8 Å². The van der Waals surface area contributed by atoms with Gasteiger partial charge in [0.2, 0.25) is 0 Å². The summed E-state index contributed by atoms with van der Waals surface area (Å²) in [6, 6.07) is 0.336. The fraction of sp³-hybridized carbons (Fsp3) is 1.00. The number of rotatable bonds is 5. The smallest absolute Gasteiger partial charge is 0.151 e. The van der Waals surface area contributed by atoms with Crippen molar-refractivity contribution in [1.29, 1.82) is 0 Å². The lowest BCUT2D eigenvalue weighted by Gasteiger charge is -2.26. The third-order valence-electron chi connectivity index (χ3n) is 2.56. The van der Waals surface area contributed by atoms with Gasteiger partial charge in [0.05, 0.1) is 18.1 Å². The van der Waals surface area contributed by atoms with E-state index in [4.69, 9.17) is 4.74 Å². The SMILES string of the molecule is CCOCC(C)NC1CCCS(=O)(=O)C1. The van der Waals surface area contributed by atoms with Gasteiger partial charge in [-0.1, -0.05) is 0 Å². The Hall–Kier alpha value is -0.130. The molecule has 5 heteroatoms. The van der Waals surface area contributed by atoms with Gasteiger partial charge in [-0.25, -0.2) is 8.42 Å². The minimum absolute atomic E-state index is 0.110. The second-order valence-electron chi connectivity index (χ2n) is 4.18. The van der Waals surface area contributed by atoms with Crippen molar-refractivity contribution in [3.63, 3.8) is 0 Å². The Balaban J connectivity index is 2.31. The molecule has 0 radical (unpaired) electrons. The predicted molar refractivity (Wildman–Crippen MR) is 60.8 cm³/mol. The van der Waals surface area contributed by atoms with E-state index in [-0.39, 0.29) is 17.8 Å². The molecule has 90 valence electrons. The van der Waals surface area contributed by atoms with Crippen LogP contribution in [0.15, 0.2) is 0 Å². The molecule has 0 saturated carbocycles. The molecule has 15 heavy (non-hydrogen) atoms. The summed E-state index contributed by atoms with van der Waals surface area (Å²) in [5.41, 5.74) is 0. The van der Waals surface area contributed by atoms with Crippen LogP contribution in [0.25, 0.3) is 0 Å². The van der Waals surface area contributed by atoms with E-state index in [2.05, 4.69) is 5.32 Å². The lowest BCUT2D eigenvalue weighted by atomic mass is 10.1. The number of hydrogen-bond acceptors (Lipinski definition) is 4. The summed E-state index contributed by atoms with van der Waals surface area (Å²) in [5.74, 6) is 0.633. The lowest BCUT2D eigenvalue weighted by molar-refractivity contribution is 0.123. The first kappa shape index (κ1) is 12.9. The zero-order valence-electron chi connectivity index (χ0n) is 9.53. The molecule has 1 rings (SSSR count). The fourth-order valence-corrected chi connectivity index (χ4v) is 3.55. The van der Waals surface area contributed by atoms with Crippen LogP contribution in [0.4, 0.5) is 0 Å². The Labute approximate surface area is 92.3 Å². The third-order valence-corrected chi connectivity index (χ3v) is 4.38. The van der Waals surface area contributed by atoms with Crippen LogP contribution in [0.5, 0.6) is 0 Å². The average molecular weight is 235 g/mol. The van der Waals surface area contributed by atoms with Crippen LogP contribution < -0.4 is 5.32 Å². The van der Waals surface area contributed by atoms with Crippen molar-refractivity contribution in [3.05, 3.63) is 0 Å². The Morgan fingerprint density at radius 3 is 2.87 bits per heavy atom. The first-order chi connectivity index (χ1) is 7.03. The molecule has 1 heterocycles. The van der Waals surface area contributed by atoms with Gasteiger partial charge in [0.1, 0.15) is 0 Å². The predicted octanol–water partition coefficient (Wildman–Crippen LogP) is 0.578. The molecule has 0 aromatic carbocycles. The van der Waals surface area contributed by atoms with Crippen molar-refractivity contribution in [2.45, 2.75) is 38.8 Å². The molecular weight excluding hydrogens is 214 g/mol. The first-order valence-corrected chi connectivity index (χ1v) is 7.40. The molecule has 1 N–H and O–H groups in total. The molecule has 0 aliphatic carbocycles. The molecular formula is C10H21NO3S. The zero-order chi connectivity index (χ0) is 11.3. The highest BCUT2D eigenvalue weighted by molar-refractivity contribution is 7.91. The van der Waals surface area contributed by atoms with Gasteiger partial charge in [0, 0.05) is 18.7 Å². The molecule has 0 aromatic heterocycles. The summed E-state index contributed by atoms with van der Waals surface area (Å²) >= 11 is 0. The molecule has 0 bridgehead atoms. The van der Waals surface area contributed by atoms with Crippen molar-refractivity contribution in [2.75, 3.05) is 24.7 Å². The summed E-state index contributed by atoms with van der Waals surface area (Å²) < 4.78 is 28.0. The minimum atomic E-state index is -2.80. The number of sulfone groups is 1. The summed E-state index contributed by atoms with van der Waals surface area (Å²) in [6.07, 6.45) is 1.73. The number of hydrogen-bond donors (Lipinski definition) is 1. The Bertz CT molecular complexity index is 276. The van der Waals surface area contributed by atoms with Crippen LogP contribution in [0.2, 0.25) is 0 Å². The van der Waals surface area contributed by atoms with Crippen molar-refractivity contribution in [2.24, 2.45) is 0 Å². The van der Waals surface area contributed by atoms with E-state index >= 15 is 0 Å². The van der Waals surface area contributed by atoms with Crippen molar-refractivity contribution >= 4 is 9.84 Å². The van der Waals surface area contributed by atoms with Crippen molar-refractivity contribution in [3.8, 4) is 0 Å². The van der Waals surface area contributed by atoms with E-state index in [1.165, 1.54) is 0 Å². The Morgan fingerprint density at radius 2 is 2.27 bits per heavy atom. The zero-order valence-corrected chi connectivity index (χ0v) is 10.3. The van der Waals surface area contributed by atoms with Gasteiger partial charge in [-0.05, 0) is 26.7 Å². The topological polar surface area (TPSA) is 55.4 Å². The summed E-state index contributed by atoms with van der Waals surface area (Å²) in [4.78, 5) is 0. The highest BCUT2D eigenvalue weighted by atomic mass is 32.2. The van der Waals surface area contributed by atoms with Crippen LogP contribution >= 0.6 is 0 Å². The molecule has 0 amide bonds. The highest BCUT2D eigenvalue weighted by Crippen LogP contribution is 2.12. The molecule has 1 saturated heterocycles. The Morgan fingerprint density at radius 1 is 1.53 bits per heavy atom. The lowest BCUT2D eigenvalue weighted by Crippen LogP contribution is -2.45. The second kappa shape index (κ2) is 5.82. The van der Waals surface area contributed by atoms with Gasteiger partial charge < -0.3 is 10.1 Å². The molecule has 1 aliphatic rings. The Kier molecular flexibility index (Phi) is 5.02. The molecule has 0 aromatic rings. The van der Waals surface area contributed by atoms with Crippen LogP contribution in [-0.2, 0) is 14.6 Å². The highest BCUT2D eigenvalue weighted by Gasteiger charge is 2.25. The molecule has 4 nitrogen and oxygen atoms in total. The van der Waals surface area contributed by atoms with E-state index in [0.29, 0.717) is 19.0 Å². The largest absolute Gasteiger partial charge is 0.380 e. The van der Waals surface area contributed by atoms with Crippen LogP contribution in [-0.4, -0.2) is 45.2 Å². The second-order valence-corrected chi connectivity index (χ2v) is 6.41. The van der Waals surface area contributed by atoms with E-state index < -0.39 is 9.84 Å². The van der Waals surface area contributed by atoms with E-state index in [1.807, 2.05) is 13.8 Å². The summed E-state index contributed by atoms with van der Waals surface area (Å²) in [7, 11) is -2.80. The average Bonchev–Trinajstić information content (AvgIpc) is 2.13. The third kappa shape index (κ3) is 4.95. The van der Waals surface area contributed by atoms with Gasteiger partial charge in [-0.15, -0.1) is 0 Å². The van der Waals surface area contributed by atoms with Crippen molar-refractivity contribution < 1.29 is 13.2 Å². The quantitative estimate of drug-likeness (QED) is 0.757. The van der Waals surface area contributed by atoms with Gasteiger partial charge in [0.25, 0.3) is 0 Å². The maximum absolute atomic E-state index is 11.4. The monoisotopic (exact) mass is 235 g/mol. The van der Waals surface area contributed by atoms with Gasteiger partial charge in [0.15, 0.2) is 9.84 Å². The minimum Gasteiger partial charge on any atom is -0.380 e. The molecule has 0 spiro atoms. The van der Waals surface area contributed by atoms with Gasteiger partial charge in [-0.2, -0.15) is 0 Å². The molecule has 1 fully saturated rings. The normalized spacial score (nSPS) is 27.5. The van der Waals surface area contributed by atoms with E-state index in [9.17, 15) is 8.42 Å². The molecule has 2 atom stereocenters. The molecule has 2 unspecified atom stereocenters. The maximum atomic E-state index is 11.4. The first-order valence-electron chi connectivity index (χ1n) is 5.57. The maximum Gasteiger partial charge on any atom is 0.151 e. The fourth-order valence-electron chi connectivity index (χ4n) is 1.90. The van der Waals surface area contributed by atoms with Crippen LogP contribution in [0.1, 0.15) is 26.7 Å². The summed E-state index contributed by atoms with van der Waals surface area (Å²) in [6.45, 7) is 5.33. The van der Waals surface area contributed by atoms with E-state index in [1.54, 1.807) is 0 Å². The molecule has 1 aliphatic heterocycles. The number of nitrogens with one attached hydrogen (secondary N) is 1. The standard InChI is InChI=1S/C10H21NO3S/c1-3-14-7-9(2)11-10-5-4-6-15(12,13)8-10/h9-11H,3-8H2,1-2H3. The van der Waals surface area contributed by atoms with Crippen LogP contribution in [0, 0.1) is 0 Å². The van der Waals surface area contributed by atoms with Crippen molar-refractivity contribution in [1.82, 2.24) is 5.32 Å². The number of ether oxygens (including phenoxy) is 1. The van der Waals surface area contributed by atoms with Crippen LogP contribution in [0.3, 0.4) is 0 Å². The van der Waals surface area contributed by atoms with Gasteiger partial charge in [-0.3, -0.25) is 0 Å². The summed E-state index contributed by atoms with van der Waals surface area (Å²) in [5, 5.41) is 3.31. The van der Waals surface area contributed by atoms with Gasteiger partial charge >= 0.3 is 0 Å².